The summed E-state index contributed by atoms with van der Waals surface area (Å²) in [6.45, 7) is 2.54. The first-order chi connectivity index (χ1) is 7.00. The van der Waals surface area contributed by atoms with Crippen LogP contribution in [0.15, 0.2) is 14.3 Å². The van der Waals surface area contributed by atoms with Crippen LogP contribution in [-0.2, 0) is 0 Å². The van der Waals surface area contributed by atoms with E-state index in [1.165, 1.54) is 11.3 Å². The second-order valence-electron chi connectivity index (χ2n) is 3.25. The van der Waals surface area contributed by atoms with Gasteiger partial charge >= 0.3 is 0 Å². The molecule has 84 valence electrons. The normalized spacial score (nSPS) is 12.5. The van der Waals surface area contributed by atoms with E-state index in [4.69, 9.17) is 5.73 Å². The van der Waals surface area contributed by atoms with E-state index >= 15 is 0 Å². The van der Waals surface area contributed by atoms with E-state index in [0.717, 1.165) is 14.7 Å². The number of halogens is 2. The Morgan fingerprint density at radius 3 is 2.80 bits per heavy atom. The Kier molecular flexibility index (Phi) is 5.25. The largest absolute Gasteiger partial charge is 0.351 e. The molecule has 3 nitrogen and oxygen atoms in total. The first-order valence-electron chi connectivity index (χ1n) is 4.49. The average molecular weight is 356 g/mol. The Morgan fingerprint density at radius 2 is 2.33 bits per heavy atom. The van der Waals surface area contributed by atoms with Gasteiger partial charge in [0.15, 0.2) is 0 Å². The van der Waals surface area contributed by atoms with Gasteiger partial charge in [0.05, 0.1) is 8.66 Å². The monoisotopic (exact) mass is 354 g/mol. The molecule has 1 unspecified atom stereocenters. The van der Waals surface area contributed by atoms with Crippen molar-refractivity contribution >= 4 is 49.1 Å². The van der Waals surface area contributed by atoms with Crippen LogP contribution in [0.1, 0.15) is 23.0 Å². The number of hydrogen-bond acceptors (Lipinski definition) is 3. The van der Waals surface area contributed by atoms with Gasteiger partial charge in [-0.05, 0) is 51.3 Å². The van der Waals surface area contributed by atoms with Gasteiger partial charge in [-0.2, -0.15) is 0 Å². The maximum atomic E-state index is 11.6. The minimum atomic E-state index is -0.0490. The highest BCUT2D eigenvalue weighted by molar-refractivity contribution is 9.13. The van der Waals surface area contributed by atoms with Crippen molar-refractivity contribution in [3.63, 3.8) is 0 Å². The SMILES string of the molecule is CC(N)CCNC(=O)c1cc(Br)c(Br)s1. The van der Waals surface area contributed by atoms with Gasteiger partial charge in [0, 0.05) is 17.1 Å². The Balaban J connectivity index is 2.47. The molecule has 0 bridgehead atoms. The standard InChI is InChI=1S/C9H12Br2N2OS/c1-5(12)2-3-13-9(14)7-4-6(10)8(11)15-7/h4-5H,2-3,12H2,1H3,(H,13,14). The predicted molar refractivity (Wildman–Crippen MR) is 70.3 cm³/mol. The summed E-state index contributed by atoms with van der Waals surface area (Å²) in [5.41, 5.74) is 5.58. The zero-order valence-corrected chi connectivity index (χ0v) is 12.2. The van der Waals surface area contributed by atoms with Crippen molar-refractivity contribution < 1.29 is 4.79 Å². The Bertz CT molecular complexity index is 332. The maximum Gasteiger partial charge on any atom is 0.261 e. The van der Waals surface area contributed by atoms with E-state index in [9.17, 15) is 4.79 Å². The molecule has 0 saturated carbocycles. The lowest BCUT2D eigenvalue weighted by Gasteiger charge is -2.05. The van der Waals surface area contributed by atoms with Crippen molar-refractivity contribution in [1.29, 1.82) is 0 Å². The molecule has 1 aromatic heterocycles. The van der Waals surface area contributed by atoms with Gasteiger partial charge < -0.3 is 11.1 Å². The van der Waals surface area contributed by atoms with Crippen LogP contribution < -0.4 is 11.1 Å². The molecule has 0 saturated heterocycles. The van der Waals surface area contributed by atoms with Gasteiger partial charge in [-0.1, -0.05) is 0 Å². The molecular weight excluding hydrogens is 344 g/mol. The zero-order chi connectivity index (χ0) is 11.4. The number of nitrogens with one attached hydrogen (secondary N) is 1. The molecule has 3 N–H and O–H groups in total. The summed E-state index contributed by atoms with van der Waals surface area (Å²) < 4.78 is 1.84. The molecule has 0 aliphatic heterocycles. The highest BCUT2D eigenvalue weighted by atomic mass is 79.9. The summed E-state index contributed by atoms with van der Waals surface area (Å²) in [5, 5.41) is 2.82. The van der Waals surface area contributed by atoms with Crippen LogP contribution in [0.2, 0.25) is 0 Å². The third-order valence-electron chi connectivity index (χ3n) is 1.75. The molecule has 1 rings (SSSR count). The number of amides is 1. The molecule has 6 heteroatoms. The number of carbonyl (C=O) groups is 1. The van der Waals surface area contributed by atoms with Gasteiger partial charge in [0.25, 0.3) is 5.91 Å². The average Bonchev–Trinajstić information content (AvgIpc) is 2.46. The topological polar surface area (TPSA) is 55.1 Å². The minimum absolute atomic E-state index is 0.0490. The first kappa shape index (κ1) is 13.2. The van der Waals surface area contributed by atoms with Crippen LogP contribution in [0.3, 0.4) is 0 Å². The fourth-order valence-electron chi connectivity index (χ4n) is 0.959. The fourth-order valence-corrected chi connectivity index (χ4v) is 2.91. The maximum absolute atomic E-state index is 11.6. The number of carbonyl (C=O) groups excluding carboxylic acids is 1. The molecule has 0 aromatic carbocycles. The molecule has 0 aliphatic rings. The number of nitrogens with two attached hydrogens (primary N) is 1. The molecule has 0 fully saturated rings. The van der Waals surface area contributed by atoms with E-state index in [2.05, 4.69) is 37.2 Å². The molecule has 1 heterocycles. The lowest BCUT2D eigenvalue weighted by molar-refractivity contribution is 0.0957. The zero-order valence-electron chi connectivity index (χ0n) is 8.22. The van der Waals surface area contributed by atoms with Gasteiger partial charge in [0.1, 0.15) is 0 Å². The number of rotatable bonds is 4. The number of hydrogen-bond donors (Lipinski definition) is 2. The van der Waals surface area contributed by atoms with Crippen molar-refractivity contribution in [3.8, 4) is 0 Å². The molecule has 1 atom stereocenters. The van der Waals surface area contributed by atoms with Crippen LogP contribution >= 0.6 is 43.2 Å². The van der Waals surface area contributed by atoms with E-state index < -0.39 is 0 Å². The summed E-state index contributed by atoms with van der Waals surface area (Å²) in [5.74, 6) is -0.0490. The summed E-state index contributed by atoms with van der Waals surface area (Å²) in [6, 6.07) is 1.92. The molecule has 1 amide bonds. The van der Waals surface area contributed by atoms with Crippen LogP contribution in [0, 0.1) is 0 Å². The molecule has 1 aromatic rings. The van der Waals surface area contributed by atoms with E-state index in [1.807, 2.05) is 6.92 Å². The third kappa shape index (κ3) is 4.22. The fraction of sp³-hybridized carbons (Fsp3) is 0.444. The summed E-state index contributed by atoms with van der Waals surface area (Å²) in [7, 11) is 0. The molecule has 15 heavy (non-hydrogen) atoms. The minimum Gasteiger partial charge on any atom is -0.351 e. The van der Waals surface area contributed by atoms with Crippen molar-refractivity contribution in [2.45, 2.75) is 19.4 Å². The molecule has 0 aliphatic carbocycles. The van der Waals surface area contributed by atoms with E-state index in [1.54, 1.807) is 6.07 Å². The second-order valence-corrected chi connectivity index (χ2v) is 6.48. The Hall–Kier alpha value is 0.0900. The Morgan fingerprint density at radius 1 is 1.67 bits per heavy atom. The lowest BCUT2D eigenvalue weighted by atomic mass is 10.2. The van der Waals surface area contributed by atoms with Crippen molar-refractivity contribution in [2.75, 3.05) is 6.54 Å². The van der Waals surface area contributed by atoms with Gasteiger partial charge in [-0.15, -0.1) is 11.3 Å². The van der Waals surface area contributed by atoms with Crippen molar-refractivity contribution in [3.05, 3.63) is 19.2 Å². The second kappa shape index (κ2) is 5.98. The highest BCUT2D eigenvalue weighted by Gasteiger charge is 2.11. The van der Waals surface area contributed by atoms with Crippen LogP contribution in [0.5, 0.6) is 0 Å². The summed E-state index contributed by atoms with van der Waals surface area (Å²) in [6.07, 6.45) is 0.791. The molecular formula is C9H12Br2N2OS. The smallest absolute Gasteiger partial charge is 0.261 e. The molecule has 0 radical (unpaired) electrons. The lowest BCUT2D eigenvalue weighted by Crippen LogP contribution is -2.28. The van der Waals surface area contributed by atoms with Crippen LogP contribution in [-0.4, -0.2) is 18.5 Å². The third-order valence-corrected chi connectivity index (χ3v) is 5.01. The molecule has 0 spiro atoms. The van der Waals surface area contributed by atoms with Crippen LogP contribution in [0.25, 0.3) is 0 Å². The van der Waals surface area contributed by atoms with Crippen molar-refractivity contribution in [1.82, 2.24) is 5.32 Å². The first-order valence-corrected chi connectivity index (χ1v) is 6.89. The van der Waals surface area contributed by atoms with Gasteiger partial charge in [0.2, 0.25) is 0 Å². The predicted octanol–water partition coefficient (Wildman–Crippen LogP) is 2.74. The van der Waals surface area contributed by atoms with Crippen LogP contribution in [0.4, 0.5) is 0 Å². The van der Waals surface area contributed by atoms with E-state index in [-0.39, 0.29) is 11.9 Å². The highest BCUT2D eigenvalue weighted by Crippen LogP contribution is 2.32. The van der Waals surface area contributed by atoms with E-state index in [0.29, 0.717) is 11.4 Å². The quantitative estimate of drug-likeness (QED) is 0.872. The van der Waals surface area contributed by atoms with Gasteiger partial charge in [-0.25, -0.2) is 0 Å². The Labute approximate surface area is 110 Å². The summed E-state index contributed by atoms with van der Waals surface area (Å²) >= 11 is 8.09. The summed E-state index contributed by atoms with van der Waals surface area (Å²) in [4.78, 5) is 12.3. The van der Waals surface area contributed by atoms with Crippen molar-refractivity contribution in [2.24, 2.45) is 5.73 Å². The number of thiophene rings is 1. The van der Waals surface area contributed by atoms with Gasteiger partial charge in [-0.3, -0.25) is 4.79 Å².